The molecule has 0 aliphatic carbocycles. The van der Waals surface area contributed by atoms with E-state index < -0.39 is 0 Å². The summed E-state index contributed by atoms with van der Waals surface area (Å²) in [6.07, 6.45) is 23.1. The lowest BCUT2D eigenvalue weighted by atomic mass is 9.87. The first-order valence-corrected chi connectivity index (χ1v) is 13.0. The van der Waals surface area contributed by atoms with Crippen LogP contribution >= 0.6 is 0 Å². The van der Waals surface area contributed by atoms with E-state index in [1.165, 1.54) is 127 Å². The fraction of sp³-hybridized carbons (Fsp3) is 0.786. The third kappa shape index (κ3) is 9.14. The number of rotatable bonds is 17. The van der Waals surface area contributed by atoms with Gasteiger partial charge >= 0.3 is 0 Å². The maximum atomic E-state index is 2.62. The van der Waals surface area contributed by atoms with Crippen molar-refractivity contribution >= 4 is 5.69 Å². The number of nitrogens with zero attached hydrogens (tertiary/aromatic N) is 1. The second kappa shape index (κ2) is 14.1. The smallest absolute Gasteiger partial charge is 0.0405 e. The van der Waals surface area contributed by atoms with E-state index in [1.54, 1.807) is 0 Å². The highest BCUT2D eigenvalue weighted by molar-refractivity contribution is 5.61. The highest BCUT2D eigenvalue weighted by Gasteiger charge is 2.33. The molecule has 166 valence electrons. The van der Waals surface area contributed by atoms with Crippen LogP contribution < -0.4 is 4.90 Å². The molecule has 1 nitrogen and oxygen atoms in total. The maximum Gasteiger partial charge on any atom is 0.0405 e. The number of unbranched alkanes of at least 4 members (excludes halogenated alkanes) is 15. The van der Waals surface area contributed by atoms with Crippen molar-refractivity contribution in [1.82, 2.24) is 0 Å². The first-order valence-electron chi connectivity index (χ1n) is 13.0. The second-order valence-electron chi connectivity index (χ2n) is 10.1. The van der Waals surface area contributed by atoms with Crippen molar-refractivity contribution in [3.8, 4) is 0 Å². The molecule has 1 heteroatoms. The van der Waals surface area contributed by atoms with Gasteiger partial charge in [0.15, 0.2) is 0 Å². The van der Waals surface area contributed by atoms with Crippen molar-refractivity contribution < 1.29 is 0 Å². The average Bonchev–Trinajstić information content (AvgIpc) is 2.98. The number of benzene rings is 1. The van der Waals surface area contributed by atoms with Gasteiger partial charge < -0.3 is 4.90 Å². The summed E-state index contributed by atoms with van der Waals surface area (Å²) in [6, 6.07) is 9.03. The summed E-state index contributed by atoms with van der Waals surface area (Å²) < 4.78 is 0. The Morgan fingerprint density at radius 2 is 1.10 bits per heavy atom. The predicted molar refractivity (Wildman–Crippen MR) is 131 cm³/mol. The molecule has 0 bridgehead atoms. The third-order valence-electron chi connectivity index (χ3n) is 6.84. The van der Waals surface area contributed by atoms with Gasteiger partial charge in [0.25, 0.3) is 0 Å². The standard InChI is InChI=1S/C28H49N/c1-4-5-6-7-8-9-10-11-12-13-14-15-16-17-18-21-24-29-25-28(2,3)26-22-19-20-23-27(26)29/h19-20,22-23H,4-18,21,24-25H2,1-3H3. The molecule has 0 radical (unpaired) electrons. The fourth-order valence-corrected chi connectivity index (χ4v) is 5.02. The van der Waals surface area contributed by atoms with Gasteiger partial charge in [0.05, 0.1) is 0 Å². The van der Waals surface area contributed by atoms with Crippen LogP contribution in [0, 0.1) is 0 Å². The van der Waals surface area contributed by atoms with Crippen LogP contribution in [0.2, 0.25) is 0 Å². The monoisotopic (exact) mass is 399 g/mol. The van der Waals surface area contributed by atoms with Gasteiger partial charge in [0.1, 0.15) is 0 Å². The average molecular weight is 400 g/mol. The Labute approximate surface area is 182 Å². The van der Waals surface area contributed by atoms with Gasteiger partial charge in [-0.05, 0) is 18.1 Å². The quantitative estimate of drug-likeness (QED) is 0.236. The predicted octanol–water partition coefficient (Wildman–Crippen LogP) is 9.05. The van der Waals surface area contributed by atoms with E-state index in [0.29, 0.717) is 5.41 Å². The molecule has 29 heavy (non-hydrogen) atoms. The van der Waals surface area contributed by atoms with Gasteiger partial charge in [-0.15, -0.1) is 0 Å². The second-order valence-corrected chi connectivity index (χ2v) is 10.1. The zero-order valence-corrected chi connectivity index (χ0v) is 20.0. The third-order valence-corrected chi connectivity index (χ3v) is 6.84. The van der Waals surface area contributed by atoms with Crippen LogP contribution in [-0.2, 0) is 5.41 Å². The van der Waals surface area contributed by atoms with Gasteiger partial charge in [-0.3, -0.25) is 0 Å². The molecule has 0 spiro atoms. The van der Waals surface area contributed by atoms with Crippen LogP contribution in [0.3, 0.4) is 0 Å². The van der Waals surface area contributed by atoms with Crippen LogP contribution in [0.15, 0.2) is 24.3 Å². The Hall–Kier alpha value is -0.980. The Morgan fingerprint density at radius 3 is 1.62 bits per heavy atom. The maximum absolute atomic E-state index is 2.62. The van der Waals surface area contributed by atoms with Crippen molar-refractivity contribution in [3.63, 3.8) is 0 Å². The van der Waals surface area contributed by atoms with E-state index in [2.05, 4.69) is 49.9 Å². The lowest BCUT2D eigenvalue weighted by molar-refractivity contribution is 0.522. The molecular formula is C28H49N. The Balaban J connectivity index is 1.38. The molecule has 2 rings (SSSR count). The van der Waals surface area contributed by atoms with Crippen LogP contribution in [0.5, 0.6) is 0 Å². The minimum absolute atomic E-state index is 0.311. The molecule has 1 heterocycles. The zero-order chi connectivity index (χ0) is 20.8. The summed E-state index contributed by atoms with van der Waals surface area (Å²) in [6.45, 7) is 9.50. The zero-order valence-electron chi connectivity index (χ0n) is 20.0. The fourth-order valence-electron chi connectivity index (χ4n) is 5.02. The molecule has 0 saturated carbocycles. The molecule has 0 atom stereocenters. The van der Waals surface area contributed by atoms with Crippen LogP contribution in [0.4, 0.5) is 5.69 Å². The normalized spacial score (nSPS) is 15.1. The number of para-hydroxylation sites is 1. The van der Waals surface area contributed by atoms with Crippen molar-refractivity contribution in [3.05, 3.63) is 29.8 Å². The minimum atomic E-state index is 0.311. The number of anilines is 1. The van der Waals surface area contributed by atoms with Crippen LogP contribution in [0.25, 0.3) is 0 Å². The van der Waals surface area contributed by atoms with E-state index in [0.717, 1.165) is 0 Å². The first kappa shape index (κ1) is 24.3. The highest BCUT2D eigenvalue weighted by Crippen LogP contribution is 2.40. The summed E-state index contributed by atoms with van der Waals surface area (Å²) in [5.41, 5.74) is 3.33. The molecule has 1 aromatic carbocycles. The van der Waals surface area contributed by atoms with Gasteiger partial charge in [-0.25, -0.2) is 0 Å². The lowest BCUT2D eigenvalue weighted by Crippen LogP contribution is -2.29. The molecule has 1 aromatic rings. The van der Waals surface area contributed by atoms with Gasteiger partial charge in [-0.2, -0.15) is 0 Å². The first-order chi connectivity index (χ1) is 14.1. The molecule has 0 amide bonds. The van der Waals surface area contributed by atoms with E-state index in [4.69, 9.17) is 0 Å². The Bertz CT molecular complexity index is 533. The summed E-state index contributed by atoms with van der Waals surface area (Å²) in [7, 11) is 0. The summed E-state index contributed by atoms with van der Waals surface area (Å²) >= 11 is 0. The minimum Gasteiger partial charge on any atom is -0.370 e. The Morgan fingerprint density at radius 1 is 0.655 bits per heavy atom. The summed E-state index contributed by atoms with van der Waals surface area (Å²) in [5, 5.41) is 0. The largest absolute Gasteiger partial charge is 0.370 e. The molecule has 1 aliphatic rings. The SMILES string of the molecule is CCCCCCCCCCCCCCCCCCN1CC(C)(C)c2ccccc21. The molecule has 0 fully saturated rings. The molecule has 0 aromatic heterocycles. The molecule has 0 saturated heterocycles. The summed E-state index contributed by atoms with van der Waals surface area (Å²) in [5.74, 6) is 0. The molecule has 1 aliphatic heterocycles. The molecular weight excluding hydrogens is 350 g/mol. The topological polar surface area (TPSA) is 3.24 Å². The van der Waals surface area contributed by atoms with E-state index in [1.807, 2.05) is 0 Å². The number of hydrogen-bond donors (Lipinski definition) is 0. The van der Waals surface area contributed by atoms with Crippen molar-refractivity contribution in [1.29, 1.82) is 0 Å². The van der Waals surface area contributed by atoms with Crippen molar-refractivity contribution in [2.24, 2.45) is 0 Å². The molecule has 0 unspecified atom stereocenters. The van der Waals surface area contributed by atoms with Gasteiger partial charge in [0.2, 0.25) is 0 Å². The molecule has 0 N–H and O–H groups in total. The van der Waals surface area contributed by atoms with Gasteiger partial charge in [0, 0.05) is 24.2 Å². The summed E-state index contributed by atoms with van der Waals surface area (Å²) in [4.78, 5) is 2.62. The lowest BCUT2D eigenvalue weighted by Gasteiger charge is -2.22. The van der Waals surface area contributed by atoms with E-state index >= 15 is 0 Å². The van der Waals surface area contributed by atoms with E-state index in [-0.39, 0.29) is 0 Å². The van der Waals surface area contributed by atoms with Crippen molar-refractivity contribution in [2.75, 3.05) is 18.0 Å². The number of fused-ring (bicyclic) bond motifs is 1. The van der Waals surface area contributed by atoms with Crippen LogP contribution in [-0.4, -0.2) is 13.1 Å². The van der Waals surface area contributed by atoms with E-state index in [9.17, 15) is 0 Å². The van der Waals surface area contributed by atoms with Crippen molar-refractivity contribution in [2.45, 2.75) is 129 Å². The van der Waals surface area contributed by atoms with Gasteiger partial charge in [-0.1, -0.05) is 135 Å². The number of hydrogen-bond acceptors (Lipinski definition) is 1. The highest BCUT2D eigenvalue weighted by atomic mass is 15.2. The Kier molecular flexibility index (Phi) is 11.8. The van der Waals surface area contributed by atoms with Crippen LogP contribution in [0.1, 0.15) is 129 Å².